The summed E-state index contributed by atoms with van der Waals surface area (Å²) < 4.78 is 28.6. The Bertz CT molecular complexity index is 1120. The smallest absolute Gasteiger partial charge is 0.241 e. The van der Waals surface area contributed by atoms with E-state index in [-0.39, 0.29) is 23.3 Å². The summed E-state index contributed by atoms with van der Waals surface area (Å²) in [6.45, 7) is 1.74. The van der Waals surface area contributed by atoms with E-state index in [1.807, 2.05) is 30.5 Å². The molecule has 0 aliphatic heterocycles. The first kappa shape index (κ1) is 18.7. The lowest BCUT2D eigenvalue weighted by Crippen LogP contribution is -2.48. The van der Waals surface area contributed by atoms with Gasteiger partial charge in [-0.3, -0.25) is 4.79 Å². The number of sulfonamides is 1. The maximum absolute atomic E-state index is 13.0. The molecule has 146 valence electrons. The SMILES string of the molecule is Cc1ccccc1S(=O)(=O)N[C@@H](Cc1c[nH]c2ccccc12)C(=O)NC1CC1. The second-order valence-corrected chi connectivity index (χ2v) is 8.97. The second-order valence-electron chi connectivity index (χ2n) is 7.29. The highest BCUT2D eigenvalue weighted by molar-refractivity contribution is 7.89. The summed E-state index contributed by atoms with van der Waals surface area (Å²) in [5, 5.41) is 3.91. The van der Waals surface area contributed by atoms with E-state index in [2.05, 4.69) is 15.0 Å². The van der Waals surface area contributed by atoms with E-state index >= 15 is 0 Å². The van der Waals surface area contributed by atoms with Crippen molar-refractivity contribution in [3.8, 4) is 0 Å². The van der Waals surface area contributed by atoms with Crippen molar-refractivity contribution in [3.05, 3.63) is 65.9 Å². The van der Waals surface area contributed by atoms with E-state index in [1.165, 1.54) is 0 Å². The fraction of sp³-hybridized carbons (Fsp3) is 0.286. The lowest BCUT2D eigenvalue weighted by molar-refractivity contribution is -0.122. The second kappa shape index (κ2) is 7.41. The van der Waals surface area contributed by atoms with Gasteiger partial charge >= 0.3 is 0 Å². The van der Waals surface area contributed by atoms with Gasteiger partial charge < -0.3 is 10.3 Å². The Morgan fingerprint density at radius 2 is 1.86 bits per heavy atom. The lowest BCUT2D eigenvalue weighted by atomic mass is 10.1. The molecule has 1 amide bonds. The molecule has 7 heteroatoms. The monoisotopic (exact) mass is 397 g/mol. The molecule has 1 saturated carbocycles. The molecule has 1 fully saturated rings. The maximum Gasteiger partial charge on any atom is 0.241 e. The number of aromatic amines is 1. The van der Waals surface area contributed by atoms with Crippen molar-refractivity contribution in [2.45, 2.75) is 43.2 Å². The maximum atomic E-state index is 13.0. The van der Waals surface area contributed by atoms with Crippen LogP contribution in [0.15, 0.2) is 59.6 Å². The van der Waals surface area contributed by atoms with Crippen LogP contribution in [0, 0.1) is 6.92 Å². The Kier molecular flexibility index (Phi) is 4.95. The molecule has 1 aromatic heterocycles. The molecule has 28 heavy (non-hydrogen) atoms. The van der Waals surface area contributed by atoms with Gasteiger partial charge in [-0.1, -0.05) is 36.4 Å². The van der Waals surface area contributed by atoms with Crippen LogP contribution in [0.2, 0.25) is 0 Å². The number of aromatic nitrogens is 1. The van der Waals surface area contributed by atoms with Crippen molar-refractivity contribution in [3.63, 3.8) is 0 Å². The third-order valence-electron chi connectivity index (χ3n) is 5.02. The van der Waals surface area contributed by atoms with E-state index < -0.39 is 16.1 Å². The first-order chi connectivity index (χ1) is 13.4. The van der Waals surface area contributed by atoms with Gasteiger partial charge in [0, 0.05) is 23.1 Å². The number of hydrogen-bond donors (Lipinski definition) is 3. The van der Waals surface area contributed by atoms with Crippen LogP contribution in [0.4, 0.5) is 0 Å². The van der Waals surface area contributed by atoms with Gasteiger partial charge in [0.2, 0.25) is 15.9 Å². The highest BCUT2D eigenvalue weighted by Gasteiger charge is 2.31. The number of amides is 1. The molecule has 1 heterocycles. The highest BCUT2D eigenvalue weighted by Crippen LogP contribution is 2.22. The van der Waals surface area contributed by atoms with E-state index in [9.17, 15) is 13.2 Å². The van der Waals surface area contributed by atoms with E-state index in [0.29, 0.717) is 5.56 Å². The van der Waals surface area contributed by atoms with Crippen molar-refractivity contribution in [1.82, 2.24) is 15.0 Å². The summed E-state index contributed by atoms with van der Waals surface area (Å²) in [6.07, 6.45) is 3.99. The first-order valence-corrected chi connectivity index (χ1v) is 10.9. The average molecular weight is 398 g/mol. The van der Waals surface area contributed by atoms with E-state index in [4.69, 9.17) is 0 Å². The Morgan fingerprint density at radius 1 is 1.14 bits per heavy atom. The molecular formula is C21H23N3O3S. The van der Waals surface area contributed by atoms with Crippen LogP contribution in [0.5, 0.6) is 0 Å². The summed E-state index contributed by atoms with van der Waals surface area (Å²) in [4.78, 5) is 16.2. The molecule has 0 bridgehead atoms. The molecule has 0 saturated heterocycles. The number of rotatable bonds is 7. The molecule has 1 atom stereocenters. The Hall–Kier alpha value is -2.64. The van der Waals surface area contributed by atoms with Crippen LogP contribution in [0.3, 0.4) is 0 Å². The van der Waals surface area contributed by atoms with Gasteiger partial charge in [-0.05, 0) is 49.4 Å². The molecule has 0 radical (unpaired) electrons. The van der Waals surface area contributed by atoms with Crippen LogP contribution in [-0.2, 0) is 21.2 Å². The Balaban J connectivity index is 1.63. The predicted molar refractivity (Wildman–Crippen MR) is 108 cm³/mol. The molecular weight excluding hydrogens is 374 g/mol. The Morgan fingerprint density at radius 3 is 2.61 bits per heavy atom. The van der Waals surface area contributed by atoms with E-state index in [1.54, 1.807) is 31.2 Å². The van der Waals surface area contributed by atoms with Crippen molar-refractivity contribution >= 4 is 26.8 Å². The topological polar surface area (TPSA) is 91.1 Å². The van der Waals surface area contributed by atoms with Crippen molar-refractivity contribution in [2.24, 2.45) is 0 Å². The number of carbonyl (C=O) groups excluding carboxylic acids is 1. The molecule has 0 unspecified atom stereocenters. The van der Waals surface area contributed by atoms with Crippen LogP contribution in [0.1, 0.15) is 24.0 Å². The van der Waals surface area contributed by atoms with Gasteiger partial charge in [0.1, 0.15) is 6.04 Å². The predicted octanol–water partition coefficient (Wildman–Crippen LogP) is 2.64. The summed E-state index contributed by atoms with van der Waals surface area (Å²) in [5.74, 6) is -0.287. The van der Waals surface area contributed by atoms with Crippen LogP contribution < -0.4 is 10.0 Å². The largest absolute Gasteiger partial charge is 0.361 e. The van der Waals surface area contributed by atoms with Crippen molar-refractivity contribution in [1.29, 1.82) is 0 Å². The standard InChI is InChI=1S/C21H23N3O3S/c1-14-6-2-5-9-20(14)28(26,27)24-19(21(25)23-16-10-11-16)12-15-13-22-18-8-4-3-7-17(15)18/h2-9,13,16,19,22,24H,10-12H2,1H3,(H,23,25)/t19-/m0/s1. The number of H-pyrrole nitrogens is 1. The number of fused-ring (bicyclic) bond motifs is 1. The van der Waals surface area contributed by atoms with Gasteiger partial charge in [-0.25, -0.2) is 8.42 Å². The summed E-state index contributed by atoms with van der Waals surface area (Å²) in [5.41, 5.74) is 2.50. The van der Waals surface area contributed by atoms with Gasteiger partial charge in [0.25, 0.3) is 0 Å². The van der Waals surface area contributed by atoms with Crippen LogP contribution >= 0.6 is 0 Å². The van der Waals surface area contributed by atoms with Gasteiger partial charge in [0.05, 0.1) is 4.90 Å². The van der Waals surface area contributed by atoms with Gasteiger partial charge in [-0.15, -0.1) is 0 Å². The molecule has 2 aromatic carbocycles. The van der Waals surface area contributed by atoms with E-state index in [0.717, 1.165) is 29.3 Å². The summed E-state index contributed by atoms with van der Waals surface area (Å²) in [6, 6.07) is 13.8. The zero-order chi connectivity index (χ0) is 19.7. The minimum absolute atomic E-state index is 0.154. The molecule has 0 spiro atoms. The summed E-state index contributed by atoms with van der Waals surface area (Å²) in [7, 11) is -3.83. The quantitative estimate of drug-likeness (QED) is 0.572. The van der Waals surface area contributed by atoms with Gasteiger partial charge in [0.15, 0.2) is 0 Å². The van der Waals surface area contributed by atoms with Crippen molar-refractivity contribution in [2.75, 3.05) is 0 Å². The zero-order valence-corrected chi connectivity index (χ0v) is 16.4. The number of benzene rings is 2. The minimum Gasteiger partial charge on any atom is -0.361 e. The number of hydrogen-bond acceptors (Lipinski definition) is 3. The third kappa shape index (κ3) is 3.95. The van der Waals surface area contributed by atoms with Crippen molar-refractivity contribution < 1.29 is 13.2 Å². The fourth-order valence-corrected chi connectivity index (χ4v) is 4.79. The molecule has 3 N–H and O–H groups in total. The van der Waals surface area contributed by atoms with Crippen LogP contribution in [-0.4, -0.2) is 31.4 Å². The highest BCUT2D eigenvalue weighted by atomic mass is 32.2. The molecule has 3 aromatic rings. The number of nitrogens with one attached hydrogen (secondary N) is 3. The van der Waals surface area contributed by atoms with Gasteiger partial charge in [-0.2, -0.15) is 4.72 Å². The molecule has 1 aliphatic carbocycles. The Labute approximate surface area is 164 Å². The number of carbonyl (C=O) groups is 1. The van der Waals surface area contributed by atoms with Crippen LogP contribution in [0.25, 0.3) is 10.9 Å². The summed E-state index contributed by atoms with van der Waals surface area (Å²) >= 11 is 0. The molecule has 4 rings (SSSR count). The lowest BCUT2D eigenvalue weighted by Gasteiger charge is -2.19. The average Bonchev–Trinajstić information content (AvgIpc) is 3.39. The molecule has 6 nitrogen and oxygen atoms in total. The fourth-order valence-electron chi connectivity index (χ4n) is 3.35. The first-order valence-electron chi connectivity index (χ1n) is 9.37. The number of para-hydroxylation sites is 1. The molecule has 1 aliphatic rings. The minimum atomic E-state index is -3.83. The number of aryl methyl sites for hydroxylation is 1. The zero-order valence-electron chi connectivity index (χ0n) is 15.6. The third-order valence-corrected chi connectivity index (χ3v) is 6.65. The normalized spacial score (nSPS) is 15.5.